The third-order valence-electron chi connectivity index (χ3n) is 2.44. The molecular weight excluding hydrogens is 260 g/mol. The van der Waals surface area contributed by atoms with Gasteiger partial charge in [-0.25, -0.2) is 0 Å². The van der Waals surface area contributed by atoms with Crippen molar-refractivity contribution in [3.05, 3.63) is 35.8 Å². The second-order valence-corrected chi connectivity index (χ2v) is 3.63. The first-order valence-corrected chi connectivity index (χ1v) is 5.52. The lowest BCUT2D eigenvalue weighted by Crippen LogP contribution is -1.97. The number of carbonyl (C=O) groups is 1. The van der Waals surface area contributed by atoms with Crippen LogP contribution in [0.5, 0.6) is 5.75 Å². The summed E-state index contributed by atoms with van der Waals surface area (Å²) in [4.78, 5) is 10.8. The van der Waals surface area contributed by atoms with Crippen molar-refractivity contribution in [2.45, 2.75) is 0 Å². The summed E-state index contributed by atoms with van der Waals surface area (Å²) in [7, 11) is 1.51. The third kappa shape index (κ3) is 2.78. The molecule has 8 nitrogen and oxygen atoms in total. The molecule has 0 radical (unpaired) electrons. The number of hydrogen-bond donors (Lipinski definition) is 2. The molecule has 0 fully saturated rings. The van der Waals surface area contributed by atoms with Crippen LogP contribution in [0.2, 0.25) is 0 Å². The molecule has 100 valence electrons. The van der Waals surface area contributed by atoms with E-state index < -0.39 is 0 Å². The number of aromatic nitrogens is 4. The molecule has 0 aliphatic heterocycles. The van der Waals surface area contributed by atoms with E-state index in [4.69, 9.17) is 10.00 Å². The predicted octanol–water partition coefficient (Wildman–Crippen LogP) is 0.997. The average Bonchev–Trinajstić information content (AvgIpc) is 3.02. The number of anilines is 1. The molecule has 2 N–H and O–H groups in total. The summed E-state index contributed by atoms with van der Waals surface area (Å²) in [5, 5.41) is 25.0. The topological polar surface area (TPSA) is 117 Å². The number of nitrogens with one attached hydrogen (secondary N) is 2. The van der Waals surface area contributed by atoms with Crippen LogP contribution in [0.25, 0.3) is 5.57 Å². The molecule has 1 heterocycles. The Kier molecular flexibility index (Phi) is 4.04. The minimum absolute atomic E-state index is 0.172. The Morgan fingerprint density at radius 2 is 2.40 bits per heavy atom. The van der Waals surface area contributed by atoms with Crippen molar-refractivity contribution < 1.29 is 9.53 Å². The molecule has 0 unspecified atom stereocenters. The zero-order chi connectivity index (χ0) is 14.4. The van der Waals surface area contributed by atoms with Crippen LogP contribution in [-0.4, -0.2) is 34.0 Å². The van der Waals surface area contributed by atoms with Crippen molar-refractivity contribution in [2.75, 3.05) is 12.4 Å². The lowest BCUT2D eigenvalue weighted by molar-refractivity contribution is 0.112. The fraction of sp³-hybridized carbons (Fsp3) is 0.0833. The van der Waals surface area contributed by atoms with Gasteiger partial charge < -0.3 is 10.1 Å². The van der Waals surface area contributed by atoms with Crippen molar-refractivity contribution >= 4 is 17.5 Å². The zero-order valence-electron chi connectivity index (χ0n) is 10.5. The zero-order valence-corrected chi connectivity index (χ0v) is 10.5. The van der Waals surface area contributed by atoms with E-state index in [1.807, 2.05) is 6.07 Å². The molecule has 0 spiro atoms. The fourth-order valence-corrected chi connectivity index (χ4v) is 1.48. The van der Waals surface area contributed by atoms with E-state index in [1.165, 1.54) is 13.3 Å². The molecule has 0 saturated heterocycles. The van der Waals surface area contributed by atoms with Gasteiger partial charge in [0.25, 0.3) is 0 Å². The Morgan fingerprint density at radius 3 is 3.00 bits per heavy atom. The number of ether oxygens (including phenoxy) is 1. The second kappa shape index (κ2) is 6.10. The summed E-state index contributed by atoms with van der Waals surface area (Å²) in [6.07, 6.45) is 2.13. The van der Waals surface area contributed by atoms with Crippen molar-refractivity contribution in [3.63, 3.8) is 0 Å². The number of tetrazole rings is 1. The second-order valence-electron chi connectivity index (χ2n) is 3.63. The Balaban J connectivity index is 2.29. The highest BCUT2D eigenvalue weighted by atomic mass is 16.5. The van der Waals surface area contributed by atoms with E-state index >= 15 is 0 Å². The molecule has 1 aromatic carbocycles. The Hall–Kier alpha value is -3.21. The molecular formula is C12H10N6O2. The van der Waals surface area contributed by atoms with E-state index in [1.54, 1.807) is 18.2 Å². The molecule has 0 saturated carbocycles. The quantitative estimate of drug-likeness (QED) is 0.614. The molecule has 0 aliphatic carbocycles. The number of hydrogen-bond acceptors (Lipinski definition) is 7. The third-order valence-corrected chi connectivity index (χ3v) is 2.44. The molecule has 20 heavy (non-hydrogen) atoms. The Bertz CT molecular complexity index is 672. The molecule has 0 amide bonds. The molecule has 2 rings (SSSR count). The van der Waals surface area contributed by atoms with Crippen molar-refractivity contribution in [1.29, 1.82) is 5.26 Å². The molecule has 0 aliphatic rings. The standard InChI is InChI=1S/C12H10N6O2/c1-20-11-3-2-8(7-19)4-10(11)14-6-9(5-13)12-15-17-18-16-12/h2-4,6-7,14H,1H3,(H,15,16,17,18). The molecule has 2 aromatic rings. The van der Waals surface area contributed by atoms with Gasteiger partial charge in [0.1, 0.15) is 23.7 Å². The maximum atomic E-state index is 10.8. The van der Waals surface area contributed by atoms with Crippen LogP contribution in [0.3, 0.4) is 0 Å². The van der Waals surface area contributed by atoms with E-state index in [2.05, 4.69) is 25.9 Å². The minimum atomic E-state index is 0.172. The number of methoxy groups -OCH3 is 1. The lowest BCUT2D eigenvalue weighted by atomic mass is 10.2. The van der Waals surface area contributed by atoms with Gasteiger partial charge in [-0.2, -0.15) is 10.5 Å². The maximum Gasteiger partial charge on any atom is 0.216 e. The summed E-state index contributed by atoms with van der Waals surface area (Å²) in [6, 6.07) is 6.83. The number of nitriles is 1. The monoisotopic (exact) mass is 270 g/mol. The maximum absolute atomic E-state index is 10.8. The molecule has 1 aromatic heterocycles. The van der Waals surface area contributed by atoms with Gasteiger partial charge in [0.05, 0.1) is 12.8 Å². The first-order valence-electron chi connectivity index (χ1n) is 5.52. The SMILES string of the molecule is COc1ccc(C=O)cc1NC=C(C#N)c1nn[nH]n1. The highest BCUT2D eigenvalue weighted by Gasteiger charge is 2.07. The summed E-state index contributed by atoms with van der Waals surface area (Å²) < 4.78 is 5.16. The van der Waals surface area contributed by atoms with Crippen LogP contribution in [0.15, 0.2) is 24.4 Å². The van der Waals surface area contributed by atoms with Gasteiger partial charge in [0, 0.05) is 11.8 Å². The van der Waals surface area contributed by atoms with E-state index in [0.29, 0.717) is 17.0 Å². The molecule has 8 heteroatoms. The van der Waals surface area contributed by atoms with E-state index in [9.17, 15) is 4.79 Å². The Morgan fingerprint density at radius 1 is 1.55 bits per heavy atom. The number of rotatable bonds is 5. The van der Waals surface area contributed by atoms with Crippen molar-refractivity contribution in [2.24, 2.45) is 0 Å². The van der Waals surface area contributed by atoms with Gasteiger partial charge in [-0.1, -0.05) is 0 Å². The number of benzene rings is 1. The smallest absolute Gasteiger partial charge is 0.216 e. The van der Waals surface area contributed by atoms with Gasteiger partial charge in [-0.15, -0.1) is 10.2 Å². The summed E-state index contributed by atoms with van der Waals surface area (Å²) >= 11 is 0. The van der Waals surface area contributed by atoms with E-state index in [0.717, 1.165) is 6.29 Å². The average molecular weight is 270 g/mol. The molecule has 0 bridgehead atoms. The fourth-order valence-electron chi connectivity index (χ4n) is 1.48. The first kappa shape index (κ1) is 13.2. The van der Waals surface area contributed by atoms with Crippen LogP contribution in [-0.2, 0) is 0 Å². The summed E-state index contributed by atoms with van der Waals surface area (Å²) in [5.41, 5.74) is 1.23. The highest BCUT2D eigenvalue weighted by Crippen LogP contribution is 2.25. The lowest BCUT2D eigenvalue weighted by Gasteiger charge is -2.08. The van der Waals surface area contributed by atoms with Gasteiger partial charge in [-0.05, 0) is 23.4 Å². The predicted molar refractivity (Wildman–Crippen MR) is 69.8 cm³/mol. The van der Waals surface area contributed by atoms with Crippen LogP contribution < -0.4 is 10.1 Å². The van der Waals surface area contributed by atoms with Gasteiger partial charge in [-0.3, -0.25) is 4.79 Å². The number of aromatic amines is 1. The van der Waals surface area contributed by atoms with Crippen molar-refractivity contribution in [1.82, 2.24) is 20.6 Å². The number of allylic oxidation sites excluding steroid dienone is 1. The summed E-state index contributed by atoms with van der Waals surface area (Å²) in [6.45, 7) is 0. The van der Waals surface area contributed by atoms with Gasteiger partial charge in [0.2, 0.25) is 5.82 Å². The minimum Gasteiger partial charge on any atom is -0.495 e. The van der Waals surface area contributed by atoms with E-state index in [-0.39, 0.29) is 11.4 Å². The van der Waals surface area contributed by atoms with Gasteiger partial charge in [0.15, 0.2) is 0 Å². The highest BCUT2D eigenvalue weighted by molar-refractivity contribution is 5.80. The van der Waals surface area contributed by atoms with Crippen LogP contribution in [0.1, 0.15) is 16.2 Å². The Labute approximate surface area is 114 Å². The number of nitrogens with zero attached hydrogens (tertiary/aromatic N) is 4. The van der Waals surface area contributed by atoms with Crippen molar-refractivity contribution in [3.8, 4) is 11.8 Å². The largest absolute Gasteiger partial charge is 0.495 e. The molecule has 0 atom stereocenters. The normalized spacial score (nSPS) is 10.7. The number of aldehydes is 1. The number of H-pyrrole nitrogens is 1. The van der Waals surface area contributed by atoms with Crippen LogP contribution in [0.4, 0.5) is 5.69 Å². The van der Waals surface area contributed by atoms with Gasteiger partial charge >= 0.3 is 0 Å². The number of carbonyl (C=O) groups excluding carboxylic acids is 1. The summed E-state index contributed by atoms with van der Waals surface area (Å²) in [5.74, 6) is 0.711. The first-order chi connectivity index (χ1) is 9.78. The van der Waals surface area contributed by atoms with Crippen LogP contribution in [0, 0.1) is 11.3 Å². The van der Waals surface area contributed by atoms with Crippen LogP contribution >= 0.6 is 0 Å².